The van der Waals surface area contributed by atoms with E-state index in [9.17, 15) is 8.42 Å². The van der Waals surface area contributed by atoms with Gasteiger partial charge in [0.05, 0.1) is 4.47 Å². The maximum atomic E-state index is 12.1. The predicted molar refractivity (Wildman–Crippen MR) is 78.5 cm³/mol. The van der Waals surface area contributed by atoms with Crippen molar-refractivity contribution in [3.05, 3.63) is 46.6 Å². The Morgan fingerprint density at radius 1 is 1.29 bits per heavy atom. The Hall–Kier alpha value is -1.64. The maximum Gasteiger partial charge on any atom is 0.258 e. The molecule has 110 valence electrons. The molecule has 6 nitrogen and oxygen atoms in total. The summed E-state index contributed by atoms with van der Waals surface area (Å²) in [5.41, 5.74) is 0.755. The quantitative estimate of drug-likeness (QED) is 0.890. The first kappa shape index (κ1) is 14.3. The van der Waals surface area contributed by atoms with Crippen molar-refractivity contribution in [3.63, 3.8) is 0 Å². The molecule has 0 aliphatic carbocycles. The molecule has 2 aromatic rings. The summed E-state index contributed by atoms with van der Waals surface area (Å²) in [5, 5.41) is -0.00944. The Morgan fingerprint density at radius 2 is 2.14 bits per heavy atom. The Labute approximate surface area is 130 Å². The van der Waals surface area contributed by atoms with Crippen molar-refractivity contribution in [2.75, 3.05) is 6.79 Å². The van der Waals surface area contributed by atoms with Gasteiger partial charge in [0.15, 0.2) is 16.5 Å². The smallest absolute Gasteiger partial charge is 0.258 e. The summed E-state index contributed by atoms with van der Waals surface area (Å²) in [5.74, 6) is 1.22. The van der Waals surface area contributed by atoms with Crippen molar-refractivity contribution in [1.82, 2.24) is 9.71 Å². The van der Waals surface area contributed by atoms with Crippen LogP contribution < -0.4 is 14.2 Å². The summed E-state index contributed by atoms with van der Waals surface area (Å²) in [7, 11) is -3.63. The summed E-state index contributed by atoms with van der Waals surface area (Å²) >= 11 is 3.37. The lowest BCUT2D eigenvalue weighted by Crippen LogP contribution is -2.24. The van der Waals surface area contributed by atoms with Crippen LogP contribution in [0.4, 0.5) is 0 Å². The van der Waals surface area contributed by atoms with Crippen LogP contribution in [0.25, 0.3) is 0 Å². The second-order valence-electron chi connectivity index (χ2n) is 4.30. The number of pyridine rings is 1. The average molecular weight is 371 g/mol. The Morgan fingerprint density at radius 3 is 2.90 bits per heavy atom. The van der Waals surface area contributed by atoms with Gasteiger partial charge >= 0.3 is 0 Å². The predicted octanol–water partition coefficient (Wildman–Crippen LogP) is 2.05. The van der Waals surface area contributed by atoms with E-state index < -0.39 is 10.0 Å². The lowest BCUT2D eigenvalue weighted by molar-refractivity contribution is 0.173. The fourth-order valence-electron chi connectivity index (χ4n) is 1.88. The van der Waals surface area contributed by atoms with Gasteiger partial charge in [0.2, 0.25) is 6.79 Å². The number of aromatic nitrogens is 1. The van der Waals surface area contributed by atoms with E-state index in [2.05, 4.69) is 25.6 Å². The molecule has 0 saturated carbocycles. The van der Waals surface area contributed by atoms with E-state index in [1.165, 1.54) is 12.3 Å². The lowest BCUT2D eigenvalue weighted by Gasteiger charge is -2.08. The number of benzene rings is 1. The summed E-state index contributed by atoms with van der Waals surface area (Å²) in [4.78, 5) is 3.83. The third kappa shape index (κ3) is 3.02. The normalized spacial score (nSPS) is 13.4. The molecule has 0 bridgehead atoms. The largest absolute Gasteiger partial charge is 0.454 e. The number of ether oxygens (including phenoxy) is 2. The average Bonchev–Trinajstić information content (AvgIpc) is 2.95. The third-order valence-electron chi connectivity index (χ3n) is 2.87. The molecule has 0 unspecified atom stereocenters. The highest BCUT2D eigenvalue weighted by molar-refractivity contribution is 9.10. The van der Waals surface area contributed by atoms with Gasteiger partial charge in [-0.3, -0.25) is 0 Å². The highest BCUT2D eigenvalue weighted by Gasteiger charge is 2.19. The van der Waals surface area contributed by atoms with E-state index in [1.54, 1.807) is 24.3 Å². The molecule has 1 N–H and O–H groups in total. The van der Waals surface area contributed by atoms with E-state index in [1.807, 2.05) is 0 Å². The number of fused-ring (bicyclic) bond motifs is 1. The van der Waals surface area contributed by atoms with E-state index >= 15 is 0 Å². The fourth-order valence-corrected chi connectivity index (χ4v) is 3.45. The summed E-state index contributed by atoms with van der Waals surface area (Å²) in [6.07, 6.45) is 1.44. The van der Waals surface area contributed by atoms with Crippen LogP contribution in [0.3, 0.4) is 0 Å². The van der Waals surface area contributed by atoms with Crippen LogP contribution >= 0.6 is 15.9 Å². The molecule has 0 spiro atoms. The molecule has 1 aliphatic rings. The lowest BCUT2D eigenvalue weighted by atomic mass is 10.2. The van der Waals surface area contributed by atoms with Gasteiger partial charge in [-0.25, -0.2) is 18.1 Å². The monoisotopic (exact) mass is 370 g/mol. The molecule has 1 aromatic heterocycles. The highest BCUT2D eigenvalue weighted by Crippen LogP contribution is 2.39. The summed E-state index contributed by atoms with van der Waals surface area (Å²) in [6, 6.07) is 8.26. The minimum atomic E-state index is -3.63. The van der Waals surface area contributed by atoms with Crippen LogP contribution in [0.5, 0.6) is 11.5 Å². The Balaban J connectivity index is 1.78. The number of nitrogens with one attached hydrogen (secondary N) is 1. The van der Waals surface area contributed by atoms with Crippen molar-refractivity contribution in [2.45, 2.75) is 11.6 Å². The van der Waals surface area contributed by atoms with Crippen LogP contribution in [0.2, 0.25) is 0 Å². The second kappa shape index (κ2) is 5.63. The Kier molecular flexibility index (Phi) is 3.83. The molecule has 8 heteroatoms. The zero-order valence-electron chi connectivity index (χ0n) is 10.7. The van der Waals surface area contributed by atoms with E-state index in [0.29, 0.717) is 11.5 Å². The van der Waals surface area contributed by atoms with Crippen molar-refractivity contribution >= 4 is 26.0 Å². The third-order valence-corrected chi connectivity index (χ3v) is 4.77. The number of nitrogens with zero attached hydrogens (tertiary/aromatic N) is 1. The molecule has 0 atom stereocenters. The first-order chi connectivity index (χ1) is 10.1. The van der Waals surface area contributed by atoms with Gasteiger partial charge in [-0.15, -0.1) is 0 Å². The zero-order valence-corrected chi connectivity index (χ0v) is 13.1. The molecule has 2 heterocycles. The molecule has 21 heavy (non-hydrogen) atoms. The van der Waals surface area contributed by atoms with Crippen molar-refractivity contribution < 1.29 is 17.9 Å². The molecule has 0 amide bonds. The number of hydrogen-bond acceptors (Lipinski definition) is 5. The highest BCUT2D eigenvalue weighted by atomic mass is 79.9. The zero-order chi connectivity index (χ0) is 14.9. The topological polar surface area (TPSA) is 77.5 Å². The SMILES string of the molecule is O=S(=O)(NCc1cc(Br)c2c(c1)OCO2)c1ccccn1. The molecular weight excluding hydrogens is 360 g/mol. The Bertz CT molecular complexity index is 765. The number of halogens is 1. The van der Waals surface area contributed by atoms with Crippen LogP contribution in [0.15, 0.2) is 46.0 Å². The first-order valence-corrected chi connectivity index (χ1v) is 8.32. The minimum Gasteiger partial charge on any atom is -0.454 e. The van der Waals surface area contributed by atoms with Crippen LogP contribution in [-0.4, -0.2) is 20.2 Å². The second-order valence-corrected chi connectivity index (χ2v) is 6.87. The van der Waals surface area contributed by atoms with Gasteiger partial charge in [-0.2, -0.15) is 0 Å². The van der Waals surface area contributed by atoms with Gasteiger partial charge in [0, 0.05) is 12.7 Å². The molecule has 1 aliphatic heterocycles. The van der Waals surface area contributed by atoms with Crippen molar-refractivity contribution in [3.8, 4) is 11.5 Å². The van der Waals surface area contributed by atoms with E-state index in [0.717, 1.165) is 10.0 Å². The maximum absolute atomic E-state index is 12.1. The molecule has 0 saturated heterocycles. The van der Waals surface area contributed by atoms with Crippen molar-refractivity contribution in [2.24, 2.45) is 0 Å². The van der Waals surface area contributed by atoms with Crippen molar-refractivity contribution in [1.29, 1.82) is 0 Å². The molecule has 1 aromatic carbocycles. The molecular formula is C13H11BrN2O4S. The van der Waals surface area contributed by atoms with Crippen LogP contribution in [0, 0.1) is 0 Å². The van der Waals surface area contributed by atoms with Crippen LogP contribution in [0.1, 0.15) is 5.56 Å². The molecule has 0 radical (unpaired) electrons. The van der Waals surface area contributed by atoms with Gasteiger partial charge in [0.1, 0.15) is 0 Å². The minimum absolute atomic E-state index is 0.00944. The van der Waals surface area contributed by atoms with Crippen LogP contribution in [-0.2, 0) is 16.6 Å². The van der Waals surface area contributed by atoms with E-state index in [-0.39, 0.29) is 18.4 Å². The molecule has 0 fully saturated rings. The first-order valence-electron chi connectivity index (χ1n) is 6.05. The summed E-state index contributed by atoms with van der Waals surface area (Å²) < 4.78 is 38.0. The van der Waals surface area contributed by atoms with Gasteiger partial charge in [-0.1, -0.05) is 6.07 Å². The van der Waals surface area contributed by atoms with E-state index in [4.69, 9.17) is 9.47 Å². The summed E-state index contributed by atoms with van der Waals surface area (Å²) in [6.45, 7) is 0.297. The fraction of sp³-hybridized carbons (Fsp3) is 0.154. The molecule has 3 rings (SSSR count). The number of rotatable bonds is 4. The van der Waals surface area contributed by atoms with Gasteiger partial charge in [0.25, 0.3) is 10.0 Å². The number of hydrogen-bond donors (Lipinski definition) is 1. The van der Waals surface area contributed by atoms with Gasteiger partial charge in [-0.05, 0) is 45.8 Å². The standard InChI is InChI=1S/C13H11BrN2O4S/c14-10-5-9(6-11-13(10)20-8-19-11)7-16-21(17,18)12-3-1-2-4-15-12/h1-6,16H,7-8H2. The van der Waals surface area contributed by atoms with Gasteiger partial charge < -0.3 is 9.47 Å². The number of sulfonamides is 1.